The van der Waals surface area contributed by atoms with Crippen molar-refractivity contribution in [2.45, 2.75) is 24.2 Å². The van der Waals surface area contributed by atoms with E-state index in [0.717, 1.165) is 6.54 Å². The standard InChI is InChI=1S/C8H11Cl2NO/c1-4-7-6(8(7,9)10)3-11(4)5(2)12/h4,6-7H,3H2,1-2H3/t4?,6-,7+/m0/s1. The maximum absolute atomic E-state index is 11.1. The molecule has 1 aliphatic heterocycles. The zero-order chi connectivity index (χ0) is 9.09. The van der Waals surface area contributed by atoms with Crippen LogP contribution in [0.1, 0.15) is 13.8 Å². The summed E-state index contributed by atoms with van der Waals surface area (Å²) in [7, 11) is 0. The molecule has 4 heteroatoms. The van der Waals surface area contributed by atoms with E-state index < -0.39 is 4.33 Å². The van der Waals surface area contributed by atoms with Gasteiger partial charge in [-0.05, 0) is 6.92 Å². The van der Waals surface area contributed by atoms with E-state index in [2.05, 4.69) is 0 Å². The number of likely N-dealkylation sites (tertiary alicyclic amines) is 1. The van der Waals surface area contributed by atoms with Crippen LogP contribution in [0.25, 0.3) is 0 Å². The monoisotopic (exact) mass is 207 g/mol. The minimum Gasteiger partial charge on any atom is -0.339 e. The van der Waals surface area contributed by atoms with Gasteiger partial charge in [-0.2, -0.15) is 0 Å². The van der Waals surface area contributed by atoms with Crippen LogP contribution in [-0.2, 0) is 4.79 Å². The average molecular weight is 208 g/mol. The van der Waals surface area contributed by atoms with Gasteiger partial charge in [0.25, 0.3) is 0 Å². The van der Waals surface area contributed by atoms with Gasteiger partial charge in [0.05, 0.1) is 0 Å². The van der Waals surface area contributed by atoms with Crippen LogP contribution in [-0.4, -0.2) is 27.7 Å². The Morgan fingerprint density at radius 3 is 2.50 bits per heavy atom. The zero-order valence-electron chi connectivity index (χ0n) is 7.05. The lowest BCUT2D eigenvalue weighted by atomic mass is 10.2. The lowest BCUT2D eigenvalue weighted by Crippen LogP contribution is -2.37. The van der Waals surface area contributed by atoms with Crippen molar-refractivity contribution in [1.82, 2.24) is 4.90 Å². The summed E-state index contributed by atoms with van der Waals surface area (Å²) in [6.07, 6.45) is 0. The van der Waals surface area contributed by atoms with Crippen LogP contribution >= 0.6 is 23.2 Å². The molecule has 2 fully saturated rings. The predicted octanol–water partition coefficient (Wildman–Crippen LogP) is 1.66. The van der Waals surface area contributed by atoms with Gasteiger partial charge < -0.3 is 4.90 Å². The highest BCUT2D eigenvalue weighted by Gasteiger charge is 2.70. The van der Waals surface area contributed by atoms with Gasteiger partial charge in [0, 0.05) is 31.3 Å². The molecular weight excluding hydrogens is 197 g/mol. The summed E-state index contributed by atoms with van der Waals surface area (Å²) < 4.78 is -0.550. The maximum Gasteiger partial charge on any atom is 0.219 e. The van der Waals surface area contributed by atoms with E-state index in [0.29, 0.717) is 11.8 Å². The third kappa shape index (κ3) is 0.912. The smallest absolute Gasteiger partial charge is 0.219 e. The molecule has 0 radical (unpaired) electrons. The number of piperidine rings is 1. The van der Waals surface area contributed by atoms with E-state index in [1.54, 1.807) is 6.92 Å². The molecular formula is C8H11Cl2NO. The van der Waals surface area contributed by atoms with Crippen LogP contribution < -0.4 is 0 Å². The Kier molecular flexibility index (Phi) is 1.65. The number of hydrogen-bond acceptors (Lipinski definition) is 1. The van der Waals surface area contributed by atoms with E-state index in [9.17, 15) is 4.79 Å². The largest absolute Gasteiger partial charge is 0.339 e. The highest BCUT2D eigenvalue weighted by atomic mass is 35.5. The van der Waals surface area contributed by atoms with Crippen molar-refractivity contribution >= 4 is 29.1 Å². The topological polar surface area (TPSA) is 20.3 Å². The SMILES string of the molecule is CC(=O)N1C[C@H]2[C@@H](C1C)C2(Cl)Cl. The van der Waals surface area contributed by atoms with Crippen LogP contribution in [0.3, 0.4) is 0 Å². The summed E-state index contributed by atoms with van der Waals surface area (Å²) in [5.74, 6) is 0.725. The summed E-state index contributed by atoms with van der Waals surface area (Å²) in [4.78, 5) is 12.9. The van der Waals surface area contributed by atoms with E-state index in [4.69, 9.17) is 23.2 Å². The number of amides is 1. The minimum absolute atomic E-state index is 0.124. The average Bonchev–Trinajstić information content (AvgIpc) is 2.35. The molecule has 1 saturated carbocycles. The molecule has 0 N–H and O–H groups in total. The first-order chi connectivity index (χ1) is 5.46. The first-order valence-electron chi connectivity index (χ1n) is 4.11. The van der Waals surface area contributed by atoms with Crippen molar-refractivity contribution in [1.29, 1.82) is 0 Å². The molecule has 3 atom stereocenters. The van der Waals surface area contributed by atoms with Crippen LogP contribution in [0.2, 0.25) is 0 Å². The molecule has 1 amide bonds. The summed E-state index contributed by atoms with van der Waals surface area (Å²) in [6, 6.07) is 0.211. The molecule has 12 heavy (non-hydrogen) atoms. The van der Waals surface area contributed by atoms with Gasteiger partial charge in [-0.25, -0.2) is 0 Å². The second-order valence-electron chi connectivity index (χ2n) is 3.72. The van der Waals surface area contributed by atoms with Gasteiger partial charge in [-0.15, -0.1) is 23.2 Å². The Labute approximate surface area is 81.8 Å². The van der Waals surface area contributed by atoms with Crippen LogP contribution in [0.4, 0.5) is 0 Å². The number of rotatable bonds is 0. The molecule has 2 rings (SSSR count). The Hall–Kier alpha value is 0.0500. The van der Waals surface area contributed by atoms with Gasteiger partial charge in [0.2, 0.25) is 5.91 Å². The fourth-order valence-corrected chi connectivity index (χ4v) is 3.25. The highest BCUT2D eigenvalue weighted by molar-refractivity contribution is 6.51. The molecule has 2 aliphatic rings. The number of alkyl halides is 2. The first-order valence-corrected chi connectivity index (χ1v) is 4.87. The van der Waals surface area contributed by atoms with Crippen molar-refractivity contribution in [3.05, 3.63) is 0 Å². The number of halogens is 2. The number of carbonyl (C=O) groups is 1. The number of nitrogens with zero attached hydrogens (tertiary/aromatic N) is 1. The molecule has 0 spiro atoms. The summed E-state index contributed by atoms with van der Waals surface area (Å²) in [5, 5.41) is 0. The molecule has 0 aromatic rings. The van der Waals surface area contributed by atoms with Gasteiger partial charge >= 0.3 is 0 Å². The molecule has 2 nitrogen and oxygen atoms in total. The molecule has 1 heterocycles. The Morgan fingerprint density at radius 1 is 1.58 bits per heavy atom. The van der Waals surface area contributed by atoms with Crippen molar-refractivity contribution in [2.24, 2.45) is 11.8 Å². The predicted molar refractivity (Wildman–Crippen MR) is 48.3 cm³/mol. The van der Waals surface area contributed by atoms with Gasteiger partial charge in [-0.1, -0.05) is 0 Å². The molecule has 1 unspecified atom stereocenters. The van der Waals surface area contributed by atoms with Crippen molar-refractivity contribution in [2.75, 3.05) is 6.54 Å². The molecule has 0 aromatic heterocycles. The third-order valence-electron chi connectivity index (χ3n) is 3.07. The first kappa shape index (κ1) is 8.64. The fraction of sp³-hybridized carbons (Fsp3) is 0.875. The second-order valence-corrected chi connectivity index (χ2v) is 5.16. The number of hydrogen-bond donors (Lipinski definition) is 0. The normalized spacial score (nSPS) is 42.7. The summed E-state index contributed by atoms with van der Waals surface area (Å²) in [5.41, 5.74) is 0. The molecule has 68 valence electrons. The van der Waals surface area contributed by atoms with Crippen molar-refractivity contribution in [3.63, 3.8) is 0 Å². The quantitative estimate of drug-likeness (QED) is 0.554. The van der Waals surface area contributed by atoms with Gasteiger partial charge in [-0.3, -0.25) is 4.79 Å². The van der Waals surface area contributed by atoms with E-state index in [-0.39, 0.29) is 11.9 Å². The molecule has 1 aliphatic carbocycles. The lowest BCUT2D eigenvalue weighted by molar-refractivity contribution is -0.130. The third-order valence-corrected chi connectivity index (χ3v) is 4.14. The molecule has 0 bridgehead atoms. The van der Waals surface area contributed by atoms with Gasteiger partial charge in [0.15, 0.2) is 0 Å². The van der Waals surface area contributed by atoms with Crippen LogP contribution in [0, 0.1) is 11.8 Å². The van der Waals surface area contributed by atoms with E-state index in [1.807, 2.05) is 11.8 Å². The fourth-order valence-electron chi connectivity index (χ4n) is 2.30. The number of carbonyl (C=O) groups excluding carboxylic acids is 1. The highest BCUT2D eigenvalue weighted by Crippen LogP contribution is 2.65. The Balaban J connectivity index is 2.11. The van der Waals surface area contributed by atoms with Crippen molar-refractivity contribution in [3.8, 4) is 0 Å². The van der Waals surface area contributed by atoms with Crippen molar-refractivity contribution < 1.29 is 4.79 Å². The lowest BCUT2D eigenvalue weighted by Gasteiger charge is -2.25. The van der Waals surface area contributed by atoms with Crippen LogP contribution in [0.5, 0.6) is 0 Å². The zero-order valence-corrected chi connectivity index (χ0v) is 8.56. The molecule has 0 aromatic carbocycles. The summed E-state index contributed by atoms with van der Waals surface area (Å²) in [6.45, 7) is 4.33. The number of fused-ring (bicyclic) bond motifs is 1. The Morgan fingerprint density at radius 2 is 2.17 bits per heavy atom. The molecule has 1 saturated heterocycles. The maximum atomic E-state index is 11.1. The van der Waals surface area contributed by atoms with E-state index >= 15 is 0 Å². The van der Waals surface area contributed by atoms with E-state index in [1.165, 1.54) is 0 Å². The Bertz CT molecular complexity index is 241. The van der Waals surface area contributed by atoms with Gasteiger partial charge in [0.1, 0.15) is 4.33 Å². The summed E-state index contributed by atoms with van der Waals surface area (Å²) >= 11 is 12.0. The second kappa shape index (κ2) is 2.30. The minimum atomic E-state index is -0.550. The van der Waals surface area contributed by atoms with Crippen LogP contribution in [0.15, 0.2) is 0 Å².